The van der Waals surface area contributed by atoms with E-state index in [1.807, 2.05) is 31.2 Å². The Morgan fingerprint density at radius 3 is 2.77 bits per heavy atom. The fourth-order valence-electron chi connectivity index (χ4n) is 2.45. The Balaban J connectivity index is 2.16. The average molecular weight is 305 g/mol. The quantitative estimate of drug-likeness (QED) is 0.843. The van der Waals surface area contributed by atoms with Crippen LogP contribution in [0.2, 0.25) is 0 Å². The van der Waals surface area contributed by atoms with Crippen molar-refractivity contribution in [2.75, 3.05) is 13.2 Å². The minimum atomic E-state index is -0.635. The zero-order valence-corrected chi connectivity index (χ0v) is 13.6. The third-order valence-corrected chi connectivity index (χ3v) is 3.31. The molecule has 0 bridgehead atoms. The molecule has 22 heavy (non-hydrogen) atoms. The summed E-state index contributed by atoms with van der Waals surface area (Å²) >= 11 is 0. The summed E-state index contributed by atoms with van der Waals surface area (Å²) in [5.74, 6) is -0.349. The van der Waals surface area contributed by atoms with Crippen molar-refractivity contribution in [2.24, 2.45) is 0 Å². The first-order valence-electron chi connectivity index (χ1n) is 7.44. The minimum absolute atomic E-state index is 0.0798. The van der Waals surface area contributed by atoms with Crippen molar-refractivity contribution in [3.8, 4) is 0 Å². The molecule has 1 atom stereocenters. The maximum absolute atomic E-state index is 12.3. The van der Waals surface area contributed by atoms with Gasteiger partial charge in [0.15, 0.2) is 0 Å². The molecule has 0 aliphatic carbocycles. The zero-order chi connectivity index (χ0) is 16.3. The molecular weight excluding hydrogens is 282 g/mol. The molecule has 1 heterocycles. The van der Waals surface area contributed by atoms with Gasteiger partial charge in [-0.15, -0.1) is 0 Å². The molecular formula is C17H23NO4. The number of hydrogen-bond acceptors (Lipinski definition) is 4. The molecule has 0 saturated carbocycles. The molecule has 1 aromatic carbocycles. The molecule has 5 nitrogen and oxygen atoms in total. The topological polar surface area (TPSA) is 55.8 Å². The first-order chi connectivity index (χ1) is 10.3. The molecule has 1 aliphatic heterocycles. The van der Waals surface area contributed by atoms with Crippen molar-refractivity contribution < 1.29 is 19.1 Å². The van der Waals surface area contributed by atoms with Gasteiger partial charge in [-0.3, -0.25) is 4.79 Å². The summed E-state index contributed by atoms with van der Waals surface area (Å²) in [6, 6.07) is 7.68. The molecule has 1 unspecified atom stereocenters. The van der Waals surface area contributed by atoms with E-state index in [4.69, 9.17) is 9.47 Å². The van der Waals surface area contributed by atoms with E-state index in [1.165, 1.54) is 4.90 Å². The van der Waals surface area contributed by atoms with Gasteiger partial charge in [-0.2, -0.15) is 0 Å². The minimum Gasteiger partial charge on any atom is -0.443 e. The van der Waals surface area contributed by atoms with Crippen LogP contribution in [0.25, 0.3) is 0 Å². The van der Waals surface area contributed by atoms with Crippen LogP contribution in [0.5, 0.6) is 0 Å². The number of amides is 2. The number of aryl methyl sites for hydroxylation is 1. The largest absolute Gasteiger partial charge is 0.443 e. The number of benzene rings is 1. The number of carbonyl (C=O) groups excluding carboxylic acids is 2. The average Bonchev–Trinajstić information content (AvgIpc) is 2.36. The number of hydrogen-bond donors (Lipinski definition) is 0. The lowest BCUT2D eigenvalue weighted by Crippen LogP contribution is -2.54. The first kappa shape index (κ1) is 16.5. The molecule has 120 valence electrons. The van der Waals surface area contributed by atoms with Crippen LogP contribution in [0.1, 0.15) is 31.9 Å². The monoisotopic (exact) mass is 305 g/mol. The molecule has 1 saturated heterocycles. The molecule has 0 N–H and O–H groups in total. The van der Waals surface area contributed by atoms with E-state index in [2.05, 4.69) is 0 Å². The summed E-state index contributed by atoms with van der Waals surface area (Å²) < 4.78 is 10.7. The fourth-order valence-corrected chi connectivity index (χ4v) is 2.45. The smallest absolute Gasteiger partial charge is 0.417 e. The van der Waals surface area contributed by atoms with Crippen LogP contribution in [0, 0.1) is 6.92 Å². The van der Waals surface area contributed by atoms with E-state index in [9.17, 15) is 9.59 Å². The van der Waals surface area contributed by atoms with Gasteiger partial charge in [-0.25, -0.2) is 9.69 Å². The second kappa shape index (κ2) is 6.48. The van der Waals surface area contributed by atoms with E-state index in [0.717, 1.165) is 11.1 Å². The predicted molar refractivity (Wildman–Crippen MR) is 82.6 cm³/mol. The molecule has 1 fully saturated rings. The number of carbonyl (C=O) groups is 2. The van der Waals surface area contributed by atoms with Gasteiger partial charge < -0.3 is 9.47 Å². The van der Waals surface area contributed by atoms with Crippen LogP contribution >= 0.6 is 0 Å². The van der Waals surface area contributed by atoms with Crippen LogP contribution < -0.4 is 0 Å². The van der Waals surface area contributed by atoms with Crippen LogP contribution in [0.3, 0.4) is 0 Å². The van der Waals surface area contributed by atoms with E-state index in [1.54, 1.807) is 20.8 Å². The summed E-state index contributed by atoms with van der Waals surface area (Å²) in [6.07, 6.45) is -0.0365. The molecule has 0 radical (unpaired) electrons. The third kappa shape index (κ3) is 4.31. The number of nitrogens with zero attached hydrogens (tertiary/aromatic N) is 1. The van der Waals surface area contributed by atoms with Gasteiger partial charge in [0.25, 0.3) is 5.91 Å². The predicted octanol–water partition coefficient (Wildman–Crippen LogP) is 2.70. The lowest BCUT2D eigenvalue weighted by atomic mass is 10.0. The summed E-state index contributed by atoms with van der Waals surface area (Å²) in [5.41, 5.74) is 1.57. The zero-order valence-electron chi connectivity index (χ0n) is 13.6. The Morgan fingerprint density at radius 1 is 1.41 bits per heavy atom. The molecule has 2 amide bonds. The maximum atomic E-state index is 12.3. The van der Waals surface area contributed by atoms with Crippen LogP contribution in [0.15, 0.2) is 24.3 Å². The van der Waals surface area contributed by atoms with Gasteiger partial charge >= 0.3 is 6.09 Å². The second-order valence-corrected chi connectivity index (χ2v) is 6.61. The van der Waals surface area contributed by atoms with Crippen molar-refractivity contribution in [1.29, 1.82) is 0 Å². The van der Waals surface area contributed by atoms with Gasteiger partial charge in [0.1, 0.15) is 12.2 Å². The highest BCUT2D eigenvalue weighted by atomic mass is 16.6. The van der Waals surface area contributed by atoms with Crippen molar-refractivity contribution >= 4 is 12.0 Å². The summed E-state index contributed by atoms with van der Waals surface area (Å²) in [4.78, 5) is 25.6. The second-order valence-electron chi connectivity index (χ2n) is 6.61. The van der Waals surface area contributed by atoms with E-state index in [0.29, 0.717) is 13.0 Å². The fraction of sp³-hybridized carbons (Fsp3) is 0.529. The molecule has 5 heteroatoms. The van der Waals surface area contributed by atoms with Crippen LogP contribution in [-0.4, -0.2) is 41.8 Å². The SMILES string of the molecule is Cc1cccc(CC2COCC(=O)N2C(=O)OC(C)(C)C)c1. The summed E-state index contributed by atoms with van der Waals surface area (Å²) in [5, 5.41) is 0. The molecule has 0 aromatic heterocycles. The Bertz CT molecular complexity index is 562. The Morgan fingerprint density at radius 2 is 2.14 bits per heavy atom. The lowest BCUT2D eigenvalue weighted by Gasteiger charge is -2.35. The summed E-state index contributed by atoms with van der Waals surface area (Å²) in [6.45, 7) is 7.61. The van der Waals surface area contributed by atoms with Crippen LogP contribution in [0.4, 0.5) is 4.79 Å². The van der Waals surface area contributed by atoms with Gasteiger partial charge in [0.2, 0.25) is 0 Å². The highest BCUT2D eigenvalue weighted by Crippen LogP contribution is 2.19. The van der Waals surface area contributed by atoms with Crippen molar-refractivity contribution in [2.45, 2.75) is 45.8 Å². The molecule has 0 spiro atoms. The van der Waals surface area contributed by atoms with E-state index >= 15 is 0 Å². The number of ether oxygens (including phenoxy) is 2. The molecule has 2 rings (SSSR count). The lowest BCUT2D eigenvalue weighted by molar-refractivity contribution is -0.146. The van der Waals surface area contributed by atoms with Crippen molar-refractivity contribution in [3.63, 3.8) is 0 Å². The Labute approximate surface area is 131 Å². The first-order valence-corrected chi connectivity index (χ1v) is 7.44. The highest BCUT2D eigenvalue weighted by molar-refractivity contribution is 5.93. The van der Waals surface area contributed by atoms with Gasteiger partial charge in [0.05, 0.1) is 12.6 Å². The van der Waals surface area contributed by atoms with Gasteiger partial charge in [0, 0.05) is 0 Å². The molecule has 1 aliphatic rings. The summed E-state index contributed by atoms with van der Waals surface area (Å²) in [7, 11) is 0. The number of morpholine rings is 1. The number of rotatable bonds is 2. The van der Waals surface area contributed by atoms with Gasteiger partial charge in [-0.05, 0) is 39.7 Å². The van der Waals surface area contributed by atoms with E-state index < -0.39 is 11.7 Å². The maximum Gasteiger partial charge on any atom is 0.417 e. The van der Waals surface area contributed by atoms with Crippen molar-refractivity contribution in [3.05, 3.63) is 35.4 Å². The van der Waals surface area contributed by atoms with Gasteiger partial charge in [-0.1, -0.05) is 29.8 Å². The number of imide groups is 1. The highest BCUT2D eigenvalue weighted by Gasteiger charge is 2.36. The van der Waals surface area contributed by atoms with E-state index in [-0.39, 0.29) is 18.6 Å². The normalized spacial score (nSPS) is 19.2. The third-order valence-electron chi connectivity index (χ3n) is 3.31. The molecule has 1 aromatic rings. The standard InChI is InChI=1S/C17H23NO4/c1-12-6-5-7-13(8-12)9-14-10-21-11-15(19)18(14)16(20)22-17(2,3)4/h5-8,14H,9-11H2,1-4H3. The Kier molecular flexibility index (Phi) is 4.86. The van der Waals surface area contributed by atoms with Crippen molar-refractivity contribution in [1.82, 2.24) is 4.90 Å². The Hall–Kier alpha value is -1.88. The van der Waals surface area contributed by atoms with Crippen LogP contribution in [-0.2, 0) is 20.7 Å².